The Bertz CT molecular complexity index is 923. The summed E-state index contributed by atoms with van der Waals surface area (Å²) in [6.45, 7) is 0. The molecule has 0 aromatic heterocycles. The molecule has 0 saturated carbocycles. The monoisotopic (exact) mass is 426 g/mol. The molecular formula is C22H22N2O5S. The van der Waals surface area contributed by atoms with Gasteiger partial charge in [-0.25, -0.2) is 9.79 Å². The number of carbonyl (C=O) groups is 3. The topological polar surface area (TPSA) is 85.3 Å². The molecule has 0 bridgehead atoms. The zero-order valence-electron chi connectivity index (χ0n) is 16.9. The Morgan fingerprint density at radius 3 is 1.97 bits per heavy atom. The summed E-state index contributed by atoms with van der Waals surface area (Å²) in [6, 6.07) is 17.1. The van der Waals surface area contributed by atoms with E-state index >= 15 is 0 Å². The van der Waals surface area contributed by atoms with Crippen LogP contribution in [0.5, 0.6) is 0 Å². The SMILES string of the molecule is COC(=O)CC(C(=O)OC)N1C(=O)C(c2ccccc2)(c2ccccc2)N=C1SC. The lowest BCUT2D eigenvalue weighted by Gasteiger charge is -2.30. The van der Waals surface area contributed by atoms with Crippen molar-refractivity contribution in [2.24, 2.45) is 4.99 Å². The highest BCUT2D eigenvalue weighted by atomic mass is 32.2. The van der Waals surface area contributed by atoms with Crippen LogP contribution in [-0.2, 0) is 29.4 Å². The quantitative estimate of drug-likeness (QED) is 0.660. The molecule has 8 heteroatoms. The average molecular weight is 426 g/mol. The van der Waals surface area contributed by atoms with Gasteiger partial charge in [0.1, 0.15) is 6.04 Å². The second-order valence-electron chi connectivity index (χ2n) is 6.54. The van der Waals surface area contributed by atoms with Gasteiger partial charge in [-0.3, -0.25) is 14.5 Å². The van der Waals surface area contributed by atoms with Crippen LogP contribution in [0.3, 0.4) is 0 Å². The van der Waals surface area contributed by atoms with Crippen LogP contribution in [0.4, 0.5) is 0 Å². The summed E-state index contributed by atoms with van der Waals surface area (Å²) in [5.74, 6) is -1.77. The molecule has 1 heterocycles. The maximum absolute atomic E-state index is 14.0. The lowest BCUT2D eigenvalue weighted by atomic mass is 9.82. The Morgan fingerprint density at radius 1 is 1.00 bits per heavy atom. The fourth-order valence-corrected chi connectivity index (χ4v) is 4.12. The van der Waals surface area contributed by atoms with Crippen LogP contribution in [0.15, 0.2) is 65.7 Å². The molecule has 1 atom stereocenters. The van der Waals surface area contributed by atoms with Gasteiger partial charge >= 0.3 is 11.9 Å². The highest BCUT2D eigenvalue weighted by Gasteiger charge is 2.54. The number of amides is 1. The van der Waals surface area contributed by atoms with E-state index in [1.807, 2.05) is 60.7 Å². The van der Waals surface area contributed by atoms with Crippen molar-refractivity contribution in [3.63, 3.8) is 0 Å². The first kappa shape index (κ1) is 21.6. The first-order valence-corrected chi connectivity index (χ1v) is 10.4. The summed E-state index contributed by atoms with van der Waals surface area (Å²) in [6.07, 6.45) is 1.42. The van der Waals surface area contributed by atoms with E-state index in [0.29, 0.717) is 16.3 Å². The molecule has 0 spiro atoms. The Morgan fingerprint density at radius 2 is 1.53 bits per heavy atom. The standard InChI is InChI=1S/C22H22N2O5S/c1-28-18(25)14-17(19(26)29-2)24-20(27)22(23-21(24)30-3,15-10-6-4-7-11-15)16-12-8-5-9-13-16/h4-13,17H,14H2,1-3H3. The lowest BCUT2D eigenvalue weighted by Crippen LogP contribution is -2.50. The predicted octanol–water partition coefficient (Wildman–Crippen LogP) is 2.60. The van der Waals surface area contributed by atoms with Crippen LogP contribution in [0.25, 0.3) is 0 Å². The van der Waals surface area contributed by atoms with Crippen molar-refractivity contribution in [3.8, 4) is 0 Å². The predicted molar refractivity (Wildman–Crippen MR) is 114 cm³/mol. The van der Waals surface area contributed by atoms with Gasteiger partial charge in [-0.1, -0.05) is 72.4 Å². The number of ether oxygens (including phenoxy) is 2. The molecule has 1 aliphatic rings. The smallest absolute Gasteiger partial charge is 0.329 e. The number of amidine groups is 1. The van der Waals surface area contributed by atoms with E-state index in [0.717, 1.165) is 0 Å². The molecule has 1 aliphatic heterocycles. The van der Waals surface area contributed by atoms with Gasteiger partial charge < -0.3 is 9.47 Å². The molecule has 2 aromatic carbocycles. The van der Waals surface area contributed by atoms with E-state index in [1.165, 1.54) is 30.9 Å². The van der Waals surface area contributed by atoms with Gasteiger partial charge in [-0.05, 0) is 17.4 Å². The summed E-state index contributed by atoms with van der Waals surface area (Å²) < 4.78 is 9.62. The minimum absolute atomic E-state index is 0.326. The van der Waals surface area contributed by atoms with E-state index < -0.39 is 29.4 Å². The number of nitrogens with zero attached hydrogens (tertiary/aromatic N) is 2. The Labute approximate surface area is 179 Å². The third-order valence-electron chi connectivity index (χ3n) is 4.94. The van der Waals surface area contributed by atoms with Crippen molar-refractivity contribution < 1.29 is 23.9 Å². The highest BCUT2D eigenvalue weighted by molar-refractivity contribution is 8.13. The van der Waals surface area contributed by atoms with Crippen LogP contribution in [0.1, 0.15) is 17.5 Å². The molecule has 0 radical (unpaired) electrons. The molecule has 156 valence electrons. The summed E-state index contributed by atoms with van der Waals surface area (Å²) >= 11 is 1.22. The van der Waals surface area contributed by atoms with Gasteiger partial charge in [0.25, 0.3) is 5.91 Å². The number of hydrogen-bond donors (Lipinski definition) is 0. The Balaban J connectivity index is 2.20. The Kier molecular flexibility index (Phi) is 6.56. The second kappa shape index (κ2) is 9.13. The zero-order chi connectivity index (χ0) is 21.7. The molecule has 7 nitrogen and oxygen atoms in total. The molecule has 1 unspecified atom stereocenters. The highest BCUT2D eigenvalue weighted by Crippen LogP contribution is 2.42. The summed E-state index contributed by atoms with van der Waals surface area (Å²) in [7, 11) is 2.44. The maximum Gasteiger partial charge on any atom is 0.329 e. The summed E-state index contributed by atoms with van der Waals surface area (Å²) in [4.78, 5) is 44.6. The number of carbonyl (C=O) groups excluding carboxylic acids is 3. The van der Waals surface area contributed by atoms with Crippen molar-refractivity contribution >= 4 is 34.8 Å². The van der Waals surface area contributed by atoms with E-state index in [-0.39, 0.29) is 6.42 Å². The normalized spacial score (nSPS) is 16.0. The number of aliphatic imine (C=N–C) groups is 1. The third kappa shape index (κ3) is 3.70. The van der Waals surface area contributed by atoms with Crippen LogP contribution in [0.2, 0.25) is 0 Å². The minimum Gasteiger partial charge on any atom is -0.469 e. The van der Waals surface area contributed by atoms with Crippen LogP contribution in [-0.4, -0.2) is 54.4 Å². The van der Waals surface area contributed by atoms with Gasteiger partial charge in [-0.15, -0.1) is 0 Å². The van der Waals surface area contributed by atoms with Gasteiger partial charge in [0, 0.05) is 0 Å². The van der Waals surface area contributed by atoms with E-state index in [2.05, 4.69) is 0 Å². The number of esters is 2. The fourth-order valence-electron chi connectivity index (χ4n) is 3.48. The van der Waals surface area contributed by atoms with Gasteiger partial charge in [-0.2, -0.15) is 0 Å². The number of benzene rings is 2. The van der Waals surface area contributed by atoms with Crippen molar-refractivity contribution in [2.75, 3.05) is 20.5 Å². The van der Waals surface area contributed by atoms with Crippen LogP contribution >= 0.6 is 11.8 Å². The average Bonchev–Trinajstić information content (AvgIpc) is 3.10. The molecule has 0 saturated heterocycles. The molecule has 0 fully saturated rings. The zero-order valence-corrected chi connectivity index (χ0v) is 17.7. The molecule has 30 heavy (non-hydrogen) atoms. The third-order valence-corrected chi connectivity index (χ3v) is 5.59. The molecule has 0 aliphatic carbocycles. The molecule has 3 rings (SSSR count). The van der Waals surface area contributed by atoms with Crippen LogP contribution < -0.4 is 0 Å². The number of methoxy groups -OCH3 is 2. The van der Waals surface area contributed by atoms with E-state index in [4.69, 9.17) is 14.5 Å². The largest absolute Gasteiger partial charge is 0.469 e. The Hall–Kier alpha value is -3.13. The van der Waals surface area contributed by atoms with Crippen LogP contribution in [0, 0.1) is 0 Å². The second-order valence-corrected chi connectivity index (χ2v) is 7.31. The number of hydrogen-bond acceptors (Lipinski definition) is 7. The lowest BCUT2D eigenvalue weighted by molar-refractivity contribution is -0.154. The molecule has 1 amide bonds. The first-order chi connectivity index (χ1) is 14.5. The fraction of sp³-hybridized carbons (Fsp3) is 0.273. The van der Waals surface area contributed by atoms with Crippen molar-refractivity contribution in [1.82, 2.24) is 4.90 Å². The van der Waals surface area contributed by atoms with Crippen molar-refractivity contribution in [3.05, 3.63) is 71.8 Å². The van der Waals surface area contributed by atoms with Gasteiger partial charge in [0.05, 0.1) is 20.6 Å². The van der Waals surface area contributed by atoms with E-state index in [1.54, 1.807) is 6.26 Å². The van der Waals surface area contributed by atoms with Crippen molar-refractivity contribution in [2.45, 2.75) is 18.0 Å². The molecular weight excluding hydrogens is 404 g/mol. The van der Waals surface area contributed by atoms with Crippen molar-refractivity contribution in [1.29, 1.82) is 0 Å². The maximum atomic E-state index is 14.0. The molecule has 0 N–H and O–H groups in total. The minimum atomic E-state index is -1.37. The first-order valence-electron chi connectivity index (χ1n) is 9.22. The number of thioether (sulfide) groups is 1. The van der Waals surface area contributed by atoms with Gasteiger partial charge in [0.15, 0.2) is 10.7 Å². The molecule has 2 aromatic rings. The van der Waals surface area contributed by atoms with E-state index in [9.17, 15) is 14.4 Å². The summed E-state index contributed by atoms with van der Waals surface area (Å²) in [5, 5.41) is 0.326. The van der Waals surface area contributed by atoms with Gasteiger partial charge in [0.2, 0.25) is 0 Å². The summed E-state index contributed by atoms with van der Waals surface area (Å²) in [5.41, 5.74) is -0.0441. The number of rotatable bonds is 6.